The SMILES string of the molecule is COc1cc2c(cc1OCc1cc(N)cc(COc3cc4c(cc3C)C(=O)N3c5ccccc5C[C@H]3[CH-]N4C)c1)N(C)[CH-][C@@H]1Cc3ccccc3N1C2=O.[Y].[Y]. The molecule has 2 atom stereocenters. The number of nitrogens with two attached hydrogens (primary N) is 1. The van der Waals surface area contributed by atoms with Crippen LogP contribution in [0.5, 0.6) is 17.2 Å². The number of likely N-dealkylation sites (N-methyl/N-ethyl adjacent to an activating group) is 2. The van der Waals surface area contributed by atoms with Gasteiger partial charge in [-0.3, -0.25) is 9.59 Å². The zero-order valence-corrected chi connectivity index (χ0v) is 37.5. The molecule has 0 aliphatic carbocycles. The molecule has 0 aromatic heterocycles. The maximum Gasteiger partial charge on any atom is 0.258 e. The Kier molecular flexibility index (Phi) is 11.6. The second kappa shape index (κ2) is 16.1. The summed E-state index contributed by atoms with van der Waals surface area (Å²) in [7, 11) is 5.52. The largest absolute Gasteiger partial charge is 0.522 e. The monoisotopic (exact) mass is 897 g/mol. The van der Waals surface area contributed by atoms with Gasteiger partial charge in [-0.1, -0.05) is 48.5 Å². The Labute approximate surface area is 378 Å². The summed E-state index contributed by atoms with van der Waals surface area (Å²) in [6.45, 7) is 6.66. The van der Waals surface area contributed by atoms with E-state index in [4.69, 9.17) is 19.9 Å². The number of benzene rings is 5. The molecule has 5 aromatic rings. The van der Waals surface area contributed by atoms with Gasteiger partial charge in [0.25, 0.3) is 11.8 Å². The van der Waals surface area contributed by atoms with Crippen LogP contribution in [0, 0.1) is 20.0 Å². The van der Waals surface area contributed by atoms with E-state index in [2.05, 4.69) is 25.2 Å². The summed E-state index contributed by atoms with van der Waals surface area (Å²) in [5, 5.41) is 0. The second-order valence-corrected chi connectivity index (χ2v) is 14.5. The van der Waals surface area contributed by atoms with Gasteiger partial charge < -0.3 is 39.5 Å². The number of para-hydroxylation sites is 2. The van der Waals surface area contributed by atoms with Crippen molar-refractivity contribution in [2.75, 3.05) is 46.5 Å². The third-order valence-corrected chi connectivity index (χ3v) is 10.9. The number of anilines is 5. The van der Waals surface area contributed by atoms with E-state index in [1.54, 1.807) is 13.2 Å². The minimum atomic E-state index is -0.0807. The number of aryl methyl sites for hydroxylation is 1. The van der Waals surface area contributed by atoms with Crippen LogP contribution < -0.4 is 39.5 Å². The first-order chi connectivity index (χ1) is 26.2. The molecule has 12 heteroatoms. The molecule has 0 saturated carbocycles. The van der Waals surface area contributed by atoms with E-state index in [1.807, 2.05) is 113 Å². The Morgan fingerprint density at radius 3 is 1.66 bits per heavy atom. The number of rotatable bonds is 7. The number of nitrogens with zero attached hydrogens (tertiary/aromatic N) is 4. The van der Waals surface area contributed by atoms with E-state index in [9.17, 15) is 9.59 Å². The number of amides is 2. The molecule has 280 valence electrons. The fraction of sp³-hybridized carbons (Fsp3) is 0.227. The number of methoxy groups -OCH3 is 1. The van der Waals surface area contributed by atoms with Crippen LogP contribution in [-0.4, -0.2) is 45.1 Å². The van der Waals surface area contributed by atoms with Crippen molar-refractivity contribution >= 4 is 40.3 Å². The second-order valence-electron chi connectivity index (χ2n) is 14.5. The smallest absolute Gasteiger partial charge is 0.258 e. The van der Waals surface area contributed by atoms with Crippen LogP contribution in [0.4, 0.5) is 28.4 Å². The van der Waals surface area contributed by atoms with Gasteiger partial charge in [-0.05, 0) is 104 Å². The van der Waals surface area contributed by atoms with Gasteiger partial charge in [-0.15, -0.1) is 0 Å². The van der Waals surface area contributed by atoms with Crippen molar-refractivity contribution in [1.29, 1.82) is 0 Å². The summed E-state index contributed by atoms with van der Waals surface area (Å²) in [6, 6.07) is 29.3. The van der Waals surface area contributed by atoms with Crippen LogP contribution in [0.1, 0.15) is 48.5 Å². The average molecular weight is 898 g/mol. The number of nitrogen functional groups attached to an aromatic ring is 1. The van der Waals surface area contributed by atoms with Crippen LogP contribution >= 0.6 is 0 Å². The van der Waals surface area contributed by atoms with Gasteiger partial charge in [0.05, 0.1) is 18.2 Å². The Morgan fingerprint density at radius 1 is 0.643 bits per heavy atom. The number of hydrogen-bond donors (Lipinski definition) is 1. The van der Waals surface area contributed by atoms with Crippen molar-refractivity contribution in [2.24, 2.45) is 0 Å². The van der Waals surface area contributed by atoms with Gasteiger partial charge in [0.15, 0.2) is 11.5 Å². The fourth-order valence-electron chi connectivity index (χ4n) is 8.38. The maximum atomic E-state index is 14.0. The average Bonchev–Trinajstić information content (AvgIpc) is 3.67. The zero-order chi connectivity index (χ0) is 37.2. The first-order valence-corrected chi connectivity index (χ1v) is 18.2. The summed E-state index contributed by atoms with van der Waals surface area (Å²) in [5.74, 6) is 1.60. The normalized spacial score (nSPS) is 17.6. The molecule has 2 radical (unpaired) electrons. The first kappa shape index (κ1) is 40.3. The standard InChI is InChI=1S/C44H41N5O5.2Y/c1-26-13-34-38(46(2)22-32-17-29-9-5-7-11-36(29)48(32)43(34)50)20-40(26)53-24-27-14-28(16-31(45)15-27)25-54-42-21-39-35(19-41(42)52-4)44(51)49-33(23-47(39)3)18-30-10-6-8-12-37(30)49;;/h5-16,19-23,32-33H,17-18,24-25,45H2,1-4H3;;/q-2;;/t32-,33-;;/m0../s1. The van der Waals surface area contributed by atoms with Crippen LogP contribution in [-0.2, 0) is 91.5 Å². The third-order valence-electron chi connectivity index (χ3n) is 10.9. The Balaban J connectivity index is 0.00000240. The number of hydrogen-bond acceptors (Lipinski definition) is 8. The molecule has 0 spiro atoms. The van der Waals surface area contributed by atoms with Gasteiger partial charge in [0.1, 0.15) is 19.0 Å². The molecule has 0 fully saturated rings. The van der Waals surface area contributed by atoms with E-state index in [-0.39, 0.29) is 103 Å². The number of fused-ring (bicyclic) bond motifs is 8. The molecule has 0 saturated heterocycles. The van der Waals surface area contributed by atoms with E-state index in [0.29, 0.717) is 34.1 Å². The van der Waals surface area contributed by atoms with Crippen molar-refractivity contribution in [3.63, 3.8) is 0 Å². The van der Waals surface area contributed by atoms with Gasteiger partial charge in [-0.25, -0.2) is 13.1 Å². The van der Waals surface area contributed by atoms with Crippen molar-refractivity contribution in [1.82, 2.24) is 0 Å². The number of ether oxygens (including phenoxy) is 3. The first-order valence-electron chi connectivity index (χ1n) is 18.2. The Morgan fingerprint density at radius 2 is 1.12 bits per heavy atom. The number of carbonyl (C=O) groups is 2. The van der Waals surface area contributed by atoms with E-state index in [0.717, 1.165) is 57.8 Å². The van der Waals surface area contributed by atoms with Gasteiger partial charge in [0, 0.05) is 106 Å². The molecular weight excluding hydrogens is 856 g/mol. The van der Waals surface area contributed by atoms with Crippen LogP contribution in [0.25, 0.3) is 0 Å². The molecule has 2 amide bonds. The number of carbonyl (C=O) groups excluding carboxylic acids is 2. The maximum absolute atomic E-state index is 14.0. The fourth-order valence-corrected chi connectivity index (χ4v) is 8.38. The van der Waals surface area contributed by atoms with E-state index < -0.39 is 0 Å². The Bertz CT molecular complexity index is 2350. The van der Waals surface area contributed by atoms with Crippen molar-refractivity contribution in [2.45, 2.75) is 45.1 Å². The van der Waals surface area contributed by atoms with Crippen molar-refractivity contribution in [3.05, 3.63) is 143 Å². The van der Waals surface area contributed by atoms with Crippen molar-refractivity contribution in [3.8, 4) is 17.2 Å². The van der Waals surface area contributed by atoms with Crippen LogP contribution in [0.3, 0.4) is 0 Å². The quantitative estimate of drug-likeness (QED) is 0.137. The van der Waals surface area contributed by atoms with Crippen molar-refractivity contribution < 1.29 is 89.2 Å². The van der Waals surface area contributed by atoms with Crippen LogP contribution in [0.15, 0.2) is 91.0 Å². The molecule has 56 heavy (non-hydrogen) atoms. The minimum Gasteiger partial charge on any atom is -0.522 e. The molecule has 4 heterocycles. The third kappa shape index (κ3) is 7.12. The molecular formula is C44H41N5O5Y2-2. The molecule has 10 nitrogen and oxygen atoms in total. The zero-order valence-electron chi connectivity index (χ0n) is 31.9. The molecule has 2 N–H and O–H groups in total. The molecule has 9 rings (SSSR count). The molecule has 4 aliphatic rings. The predicted molar refractivity (Wildman–Crippen MR) is 211 cm³/mol. The van der Waals surface area contributed by atoms with Crippen LogP contribution in [0.2, 0.25) is 0 Å². The summed E-state index contributed by atoms with van der Waals surface area (Å²) < 4.78 is 18.5. The summed E-state index contributed by atoms with van der Waals surface area (Å²) in [6.07, 6.45) is 1.55. The molecule has 4 aliphatic heterocycles. The molecule has 5 aromatic carbocycles. The Hall–Kier alpha value is -3.95. The summed E-state index contributed by atoms with van der Waals surface area (Å²) in [5.41, 5.74) is 16.6. The van der Waals surface area contributed by atoms with Gasteiger partial charge >= 0.3 is 0 Å². The predicted octanol–water partition coefficient (Wildman–Crippen LogP) is 7.11. The van der Waals surface area contributed by atoms with Gasteiger partial charge in [0.2, 0.25) is 0 Å². The minimum absolute atomic E-state index is 0. The topological polar surface area (TPSA) is 101 Å². The van der Waals surface area contributed by atoms with Gasteiger partial charge in [-0.2, -0.15) is 0 Å². The summed E-state index contributed by atoms with van der Waals surface area (Å²) >= 11 is 0. The van der Waals surface area contributed by atoms with E-state index in [1.165, 1.54) is 5.56 Å². The van der Waals surface area contributed by atoms with E-state index >= 15 is 0 Å². The molecule has 0 bridgehead atoms. The molecule has 0 unspecified atom stereocenters. The summed E-state index contributed by atoms with van der Waals surface area (Å²) in [4.78, 5) is 35.7.